The standard InChI is InChI=1S/C25H25FN6/c1-31-15-12-19(13-16-31)32-17-28-23(20-9-5-6-10-21(20)26)24(32)22-11-14-27-25(30-22)29-18-7-3-2-4-8-18/h2-11,14,17,19H,12-13,15-16H2,1H3,(H,27,29,30). The number of nitrogens with one attached hydrogen (secondary N) is 1. The van der Waals surface area contributed by atoms with Crippen molar-refractivity contribution in [3.05, 3.63) is 79.0 Å². The molecule has 0 bridgehead atoms. The fourth-order valence-electron chi connectivity index (χ4n) is 4.22. The van der Waals surface area contributed by atoms with Gasteiger partial charge in [0.2, 0.25) is 5.95 Å². The molecule has 0 unspecified atom stereocenters. The molecule has 162 valence electrons. The van der Waals surface area contributed by atoms with Crippen molar-refractivity contribution in [2.24, 2.45) is 0 Å². The van der Waals surface area contributed by atoms with E-state index in [0.29, 0.717) is 22.9 Å². The number of hydrogen-bond acceptors (Lipinski definition) is 5. The van der Waals surface area contributed by atoms with Crippen LogP contribution in [0.3, 0.4) is 0 Å². The first-order chi connectivity index (χ1) is 15.7. The summed E-state index contributed by atoms with van der Waals surface area (Å²) in [4.78, 5) is 16.2. The minimum atomic E-state index is -0.293. The van der Waals surface area contributed by atoms with E-state index in [9.17, 15) is 4.39 Å². The zero-order chi connectivity index (χ0) is 21.9. The first-order valence-corrected chi connectivity index (χ1v) is 10.8. The molecule has 7 heteroatoms. The molecule has 32 heavy (non-hydrogen) atoms. The Morgan fingerprint density at radius 2 is 1.69 bits per heavy atom. The van der Waals surface area contributed by atoms with Gasteiger partial charge in [-0.25, -0.2) is 19.3 Å². The van der Waals surface area contributed by atoms with Crippen LogP contribution in [0.25, 0.3) is 22.6 Å². The molecule has 3 heterocycles. The average molecular weight is 429 g/mol. The molecule has 6 nitrogen and oxygen atoms in total. The molecule has 1 saturated heterocycles. The number of halogens is 1. The van der Waals surface area contributed by atoms with Gasteiger partial charge in [0.25, 0.3) is 0 Å². The lowest BCUT2D eigenvalue weighted by Crippen LogP contribution is -2.31. The molecule has 1 N–H and O–H groups in total. The molecule has 1 aliphatic heterocycles. The number of aromatic nitrogens is 4. The van der Waals surface area contributed by atoms with Crippen LogP contribution in [-0.2, 0) is 0 Å². The van der Waals surface area contributed by atoms with Crippen molar-refractivity contribution < 1.29 is 4.39 Å². The number of benzene rings is 2. The molecule has 2 aromatic heterocycles. The van der Waals surface area contributed by atoms with E-state index in [-0.39, 0.29) is 11.9 Å². The van der Waals surface area contributed by atoms with Gasteiger partial charge in [0, 0.05) is 23.5 Å². The molecule has 0 amide bonds. The summed E-state index contributed by atoms with van der Waals surface area (Å²) in [6, 6.07) is 18.7. The van der Waals surface area contributed by atoms with E-state index < -0.39 is 0 Å². The van der Waals surface area contributed by atoms with E-state index in [0.717, 1.165) is 37.3 Å². The molecule has 0 aliphatic carbocycles. The van der Waals surface area contributed by atoms with Crippen molar-refractivity contribution in [2.45, 2.75) is 18.9 Å². The Morgan fingerprint density at radius 3 is 2.47 bits per heavy atom. The third-order valence-corrected chi connectivity index (χ3v) is 5.93. The third kappa shape index (κ3) is 4.11. The van der Waals surface area contributed by atoms with Crippen LogP contribution in [-0.4, -0.2) is 44.6 Å². The van der Waals surface area contributed by atoms with Gasteiger partial charge in [-0.1, -0.05) is 30.3 Å². The van der Waals surface area contributed by atoms with Crippen molar-refractivity contribution in [1.82, 2.24) is 24.4 Å². The number of imidazole rings is 1. The maximum absolute atomic E-state index is 14.7. The van der Waals surface area contributed by atoms with Crippen molar-refractivity contribution in [2.75, 3.05) is 25.5 Å². The molecule has 0 atom stereocenters. The summed E-state index contributed by atoms with van der Waals surface area (Å²) in [5, 5.41) is 3.25. The van der Waals surface area contributed by atoms with Crippen LogP contribution in [0, 0.1) is 5.82 Å². The van der Waals surface area contributed by atoms with Crippen molar-refractivity contribution in [1.29, 1.82) is 0 Å². The highest BCUT2D eigenvalue weighted by Crippen LogP contribution is 2.36. The van der Waals surface area contributed by atoms with Gasteiger partial charge < -0.3 is 14.8 Å². The smallest absolute Gasteiger partial charge is 0.227 e. The summed E-state index contributed by atoms with van der Waals surface area (Å²) >= 11 is 0. The highest BCUT2D eigenvalue weighted by Gasteiger charge is 2.25. The Balaban J connectivity index is 1.59. The van der Waals surface area contributed by atoms with Gasteiger partial charge in [0.1, 0.15) is 11.5 Å². The van der Waals surface area contributed by atoms with Crippen LogP contribution < -0.4 is 5.32 Å². The van der Waals surface area contributed by atoms with E-state index in [1.54, 1.807) is 18.3 Å². The molecule has 2 aromatic carbocycles. The second-order valence-corrected chi connectivity index (χ2v) is 8.12. The Bertz CT molecular complexity index is 1200. The van der Waals surface area contributed by atoms with Crippen molar-refractivity contribution in [3.8, 4) is 22.6 Å². The SMILES string of the molecule is CN1CCC(n2cnc(-c3ccccc3F)c2-c2ccnc(Nc3ccccc3)n2)CC1. The Kier molecular flexibility index (Phi) is 5.64. The van der Waals surface area contributed by atoms with E-state index in [1.807, 2.05) is 48.8 Å². The molecule has 5 rings (SSSR count). The minimum Gasteiger partial charge on any atom is -0.326 e. The normalized spacial score (nSPS) is 15.1. The number of likely N-dealkylation sites (tertiary alicyclic amines) is 1. The Morgan fingerprint density at radius 1 is 0.938 bits per heavy atom. The average Bonchev–Trinajstić information content (AvgIpc) is 3.26. The quantitative estimate of drug-likeness (QED) is 0.476. The Labute approximate surface area is 186 Å². The van der Waals surface area contributed by atoms with Gasteiger partial charge in [-0.15, -0.1) is 0 Å². The summed E-state index contributed by atoms with van der Waals surface area (Å²) in [7, 11) is 2.14. The molecule has 0 spiro atoms. The number of para-hydroxylation sites is 1. The largest absolute Gasteiger partial charge is 0.326 e. The second kappa shape index (κ2) is 8.88. The van der Waals surface area contributed by atoms with Gasteiger partial charge in [-0.2, -0.15) is 0 Å². The molecular weight excluding hydrogens is 403 g/mol. The van der Waals surface area contributed by atoms with Crippen LogP contribution >= 0.6 is 0 Å². The zero-order valence-electron chi connectivity index (χ0n) is 17.9. The monoisotopic (exact) mass is 428 g/mol. The molecule has 1 aliphatic rings. The fraction of sp³-hybridized carbons (Fsp3) is 0.240. The lowest BCUT2D eigenvalue weighted by molar-refractivity contribution is 0.222. The predicted octanol–water partition coefficient (Wildman–Crippen LogP) is 5.16. The summed E-state index contributed by atoms with van der Waals surface area (Å²) in [6.45, 7) is 2.03. The summed E-state index contributed by atoms with van der Waals surface area (Å²) < 4.78 is 16.9. The molecule has 1 fully saturated rings. The van der Waals surface area contributed by atoms with Crippen LogP contribution in [0.1, 0.15) is 18.9 Å². The van der Waals surface area contributed by atoms with Gasteiger partial charge >= 0.3 is 0 Å². The number of piperidine rings is 1. The van der Waals surface area contributed by atoms with E-state index in [4.69, 9.17) is 4.98 Å². The van der Waals surface area contributed by atoms with Crippen molar-refractivity contribution >= 4 is 11.6 Å². The van der Waals surface area contributed by atoms with Crippen LogP contribution in [0.2, 0.25) is 0 Å². The zero-order valence-corrected chi connectivity index (χ0v) is 17.9. The van der Waals surface area contributed by atoms with Crippen LogP contribution in [0.5, 0.6) is 0 Å². The Hall–Kier alpha value is -3.58. The summed E-state index contributed by atoms with van der Waals surface area (Å²) in [5.41, 5.74) is 3.52. The van der Waals surface area contributed by atoms with E-state index in [1.165, 1.54) is 6.07 Å². The van der Waals surface area contributed by atoms with Crippen LogP contribution in [0.4, 0.5) is 16.0 Å². The predicted molar refractivity (Wildman–Crippen MR) is 124 cm³/mol. The van der Waals surface area contributed by atoms with Gasteiger partial charge in [0.15, 0.2) is 0 Å². The van der Waals surface area contributed by atoms with E-state index >= 15 is 0 Å². The molecule has 0 radical (unpaired) electrons. The first-order valence-electron chi connectivity index (χ1n) is 10.8. The minimum absolute atomic E-state index is 0.287. The lowest BCUT2D eigenvalue weighted by atomic mass is 10.0. The topological polar surface area (TPSA) is 58.9 Å². The third-order valence-electron chi connectivity index (χ3n) is 5.93. The van der Waals surface area contributed by atoms with Gasteiger partial charge in [-0.3, -0.25) is 0 Å². The maximum Gasteiger partial charge on any atom is 0.227 e. The molecule has 0 saturated carbocycles. The fourth-order valence-corrected chi connectivity index (χ4v) is 4.22. The highest BCUT2D eigenvalue weighted by atomic mass is 19.1. The number of rotatable bonds is 5. The number of anilines is 2. The number of hydrogen-bond donors (Lipinski definition) is 1. The first kappa shape index (κ1) is 20.3. The summed E-state index contributed by atoms with van der Waals surface area (Å²) in [5.74, 6) is 0.198. The second-order valence-electron chi connectivity index (χ2n) is 8.12. The number of nitrogens with zero attached hydrogens (tertiary/aromatic N) is 5. The van der Waals surface area contributed by atoms with Crippen LogP contribution in [0.15, 0.2) is 73.2 Å². The van der Waals surface area contributed by atoms with Crippen molar-refractivity contribution in [3.63, 3.8) is 0 Å². The lowest BCUT2D eigenvalue weighted by Gasteiger charge is -2.30. The molecular formula is C25H25FN6. The van der Waals surface area contributed by atoms with Gasteiger partial charge in [-0.05, 0) is 63.3 Å². The van der Waals surface area contributed by atoms with E-state index in [2.05, 4.69) is 31.8 Å². The maximum atomic E-state index is 14.7. The van der Waals surface area contributed by atoms with Gasteiger partial charge in [0.05, 0.1) is 17.7 Å². The molecule has 4 aromatic rings. The highest BCUT2D eigenvalue weighted by molar-refractivity contribution is 5.77. The summed E-state index contributed by atoms with van der Waals surface area (Å²) in [6.07, 6.45) is 5.58.